The van der Waals surface area contributed by atoms with Crippen molar-refractivity contribution >= 4 is 11.6 Å². The standard InChI is InChI=1S/C9H13ClO/c10-7-11-6-9-3-1-8(5-9)2-4-9/h8H,1-6H2. The molecule has 0 amide bonds. The summed E-state index contributed by atoms with van der Waals surface area (Å²) in [6.45, 7) is 0.799. The first-order valence-electron chi connectivity index (χ1n) is 4.32. The molecule has 2 bridgehead atoms. The minimum absolute atomic E-state index is 0.493. The third-order valence-electron chi connectivity index (χ3n) is 3.32. The summed E-state index contributed by atoms with van der Waals surface area (Å²) >= 11 is 5.24. The van der Waals surface area contributed by atoms with E-state index in [1.165, 1.54) is 32.1 Å². The zero-order valence-electron chi connectivity index (χ0n) is 6.61. The van der Waals surface area contributed by atoms with Gasteiger partial charge in [0.05, 0.1) is 6.61 Å². The zero-order chi connectivity index (χ0) is 7.73. The molecule has 0 saturated heterocycles. The summed E-state index contributed by atoms with van der Waals surface area (Å²) in [5, 5.41) is 0. The Morgan fingerprint density at radius 1 is 1.45 bits per heavy atom. The van der Waals surface area contributed by atoms with Gasteiger partial charge in [-0.05, 0) is 43.4 Å². The molecule has 2 rings (SSSR count). The summed E-state index contributed by atoms with van der Waals surface area (Å²) in [4.78, 5) is 0. The summed E-state index contributed by atoms with van der Waals surface area (Å²) < 4.78 is 5.05. The van der Waals surface area contributed by atoms with E-state index in [0.717, 1.165) is 12.5 Å². The molecular weight excluding hydrogens is 160 g/mol. The van der Waals surface area contributed by atoms with Crippen molar-refractivity contribution in [3.63, 3.8) is 0 Å². The molecule has 0 aromatic rings. The van der Waals surface area contributed by atoms with E-state index in [4.69, 9.17) is 16.3 Å². The minimum atomic E-state index is 0.493. The maximum atomic E-state index is 5.24. The van der Waals surface area contributed by atoms with Crippen LogP contribution in [0.15, 0.2) is 0 Å². The highest BCUT2D eigenvalue weighted by molar-refractivity contribution is 6.22. The predicted octanol–water partition coefficient (Wildman–Crippen LogP) is 2.82. The second-order valence-corrected chi connectivity index (χ2v) is 4.17. The van der Waals surface area contributed by atoms with E-state index in [1.807, 2.05) is 0 Å². The molecule has 0 unspecified atom stereocenters. The average Bonchev–Trinajstić information content (AvgIpc) is 2.60. The van der Waals surface area contributed by atoms with Crippen molar-refractivity contribution in [2.45, 2.75) is 32.1 Å². The lowest BCUT2D eigenvalue weighted by Crippen LogP contribution is -2.20. The van der Waals surface area contributed by atoms with Crippen molar-refractivity contribution in [3.8, 4) is 0 Å². The number of hydrogen-bond acceptors (Lipinski definition) is 1. The Balaban J connectivity index is 1.89. The first kappa shape index (κ1) is 7.88. The van der Waals surface area contributed by atoms with Gasteiger partial charge in [0.15, 0.2) is 0 Å². The molecule has 0 spiro atoms. The molecule has 2 radical (unpaired) electrons. The van der Waals surface area contributed by atoms with Gasteiger partial charge in [-0.3, -0.25) is 0 Å². The Kier molecular flexibility index (Phi) is 2.11. The molecule has 2 heteroatoms. The lowest BCUT2D eigenvalue weighted by atomic mass is 9.85. The van der Waals surface area contributed by atoms with Gasteiger partial charge in [-0.1, -0.05) is 11.6 Å². The van der Waals surface area contributed by atoms with Crippen LogP contribution in [0.5, 0.6) is 0 Å². The molecule has 2 aliphatic rings. The van der Waals surface area contributed by atoms with Crippen molar-refractivity contribution in [2.24, 2.45) is 11.3 Å². The first-order valence-corrected chi connectivity index (χ1v) is 4.70. The van der Waals surface area contributed by atoms with Gasteiger partial charge in [-0.15, -0.1) is 0 Å². The van der Waals surface area contributed by atoms with Crippen LogP contribution in [0.1, 0.15) is 32.1 Å². The molecule has 0 aromatic heterocycles. The topological polar surface area (TPSA) is 9.23 Å². The van der Waals surface area contributed by atoms with Gasteiger partial charge >= 0.3 is 0 Å². The van der Waals surface area contributed by atoms with Crippen LogP contribution in [0.4, 0.5) is 0 Å². The number of ether oxygens (including phenoxy) is 1. The number of halogens is 1. The van der Waals surface area contributed by atoms with Crippen molar-refractivity contribution in [1.29, 1.82) is 0 Å². The van der Waals surface area contributed by atoms with E-state index in [0.29, 0.717) is 5.41 Å². The maximum absolute atomic E-state index is 5.24. The fraction of sp³-hybridized carbons (Fsp3) is 0.889. The zero-order valence-corrected chi connectivity index (χ0v) is 7.36. The number of fused-ring (bicyclic) bond motifs is 2. The molecule has 2 fully saturated rings. The predicted molar refractivity (Wildman–Crippen MR) is 44.1 cm³/mol. The lowest BCUT2D eigenvalue weighted by molar-refractivity contribution is 0.103. The molecule has 0 aliphatic heterocycles. The number of rotatable bonds is 3. The number of hydrogen-bond donors (Lipinski definition) is 0. The second kappa shape index (κ2) is 2.95. The molecule has 0 N–H and O–H groups in total. The highest BCUT2D eigenvalue weighted by Gasteiger charge is 2.44. The maximum Gasteiger partial charge on any atom is 0.236 e. The first-order chi connectivity index (χ1) is 5.35. The highest BCUT2D eigenvalue weighted by Crippen LogP contribution is 2.54. The van der Waals surface area contributed by atoms with E-state index < -0.39 is 0 Å². The third kappa shape index (κ3) is 1.41. The van der Waals surface area contributed by atoms with Gasteiger partial charge in [0.1, 0.15) is 0 Å². The Labute approximate surface area is 73.1 Å². The normalized spacial score (nSPS) is 41.7. The van der Waals surface area contributed by atoms with Gasteiger partial charge in [-0.25, -0.2) is 0 Å². The third-order valence-corrected chi connectivity index (χ3v) is 3.43. The van der Waals surface area contributed by atoms with Crippen molar-refractivity contribution in [2.75, 3.05) is 6.61 Å². The van der Waals surface area contributed by atoms with Crippen LogP contribution in [0, 0.1) is 17.4 Å². The quantitative estimate of drug-likeness (QED) is 0.636. The van der Waals surface area contributed by atoms with Gasteiger partial charge in [0.25, 0.3) is 0 Å². The molecule has 0 aromatic carbocycles. The Morgan fingerprint density at radius 3 is 2.64 bits per heavy atom. The summed E-state index contributed by atoms with van der Waals surface area (Å²) in [5.74, 6) is 0.994. The SMILES string of the molecule is Cl[C]OCC12CCC(CC1)C2. The Bertz CT molecular complexity index is 138. The van der Waals surface area contributed by atoms with E-state index in [2.05, 4.69) is 6.07 Å². The van der Waals surface area contributed by atoms with Crippen LogP contribution >= 0.6 is 11.6 Å². The Hall–Kier alpha value is 0.250. The van der Waals surface area contributed by atoms with Crippen LogP contribution in [0.25, 0.3) is 0 Å². The van der Waals surface area contributed by atoms with Crippen LogP contribution in [-0.4, -0.2) is 6.61 Å². The van der Waals surface area contributed by atoms with E-state index in [1.54, 1.807) is 0 Å². The van der Waals surface area contributed by atoms with Crippen LogP contribution in [-0.2, 0) is 4.74 Å². The minimum Gasteiger partial charge on any atom is -0.351 e. The smallest absolute Gasteiger partial charge is 0.236 e. The average molecular weight is 173 g/mol. The van der Waals surface area contributed by atoms with Crippen molar-refractivity contribution in [3.05, 3.63) is 6.07 Å². The molecule has 2 saturated carbocycles. The summed E-state index contributed by atoms with van der Waals surface area (Å²) in [6.07, 6.45) is 6.87. The van der Waals surface area contributed by atoms with Crippen molar-refractivity contribution < 1.29 is 4.74 Å². The summed E-state index contributed by atoms with van der Waals surface area (Å²) in [5.41, 5.74) is 0.493. The molecule has 0 atom stereocenters. The molecule has 2 aliphatic carbocycles. The van der Waals surface area contributed by atoms with E-state index in [9.17, 15) is 0 Å². The van der Waals surface area contributed by atoms with Crippen molar-refractivity contribution in [1.82, 2.24) is 0 Å². The van der Waals surface area contributed by atoms with Gasteiger partial charge in [0.2, 0.25) is 6.07 Å². The summed E-state index contributed by atoms with van der Waals surface area (Å²) in [6, 6.07) is 2.24. The van der Waals surface area contributed by atoms with Gasteiger partial charge < -0.3 is 4.74 Å². The molecule has 11 heavy (non-hydrogen) atoms. The van der Waals surface area contributed by atoms with Crippen LogP contribution in [0.3, 0.4) is 0 Å². The Morgan fingerprint density at radius 2 is 2.18 bits per heavy atom. The fourth-order valence-electron chi connectivity index (χ4n) is 2.69. The van der Waals surface area contributed by atoms with Crippen LogP contribution in [0.2, 0.25) is 0 Å². The second-order valence-electron chi connectivity index (χ2n) is 4.01. The molecule has 62 valence electrons. The van der Waals surface area contributed by atoms with Crippen LogP contribution < -0.4 is 0 Å². The highest BCUT2D eigenvalue weighted by atomic mass is 35.5. The molecular formula is C9H13ClO. The fourth-order valence-corrected chi connectivity index (χ4v) is 2.75. The van der Waals surface area contributed by atoms with E-state index in [-0.39, 0.29) is 0 Å². The molecule has 0 heterocycles. The largest absolute Gasteiger partial charge is 0.351 e. The molecule has 1 nitrogen and oxygen atoms in total. The summed E-state index contributed by atoms with van der Waals surface area (Å²) in [7, 11) is 0. The monoisotopic (exact) mass is 172 g/mol. The lowest BCUT2D eigenvalue weighted by Gasteiger charge is -2.24. The van der Waals surface area contributed by atoms with Gasteiger partial charge in [0, 0.05) is 0 Å². The van der Waals surface area contributed by atoms with Gasteiger partial charge in [-0.2, -0.15) is 0 Å². The van der Waals surface area contributed by atoms with E-state index >= 15 is 0 Å².